The van der Waals surface area contributed by atoms with Crippen LogP contribution in [-0.4, -0.2) is 59.8 Å². The molecule has 0 radical (unpaired) electrons. The first-order chi connectivity index (χ1) is 19.7. The van der Waals surface area contributed by atoms with E-state index < -0.39 is 11.7 Å². The van der Waals surface area contributed by atoms with Gasteiger partial charge in [0.05, 0.1) is 17.7 Å². The highest BCUT2D eigenvalue weighted by Crippen LogP contribution is 2.31. The zero-order chi connectivity index (χ0) is 29.0. The molecule has 214 valence electrons. The number of fused-ring (bicyclic) bond motifs is 1. The number of carbonyl (C=O) groups excluding carboxylic acids is 2. The van der Waals surface area contributed by atoms with E-state index in [-0.39, 0.29) is 11.8 Å². The number of likely N-dealkylation sites (tertiary alicyclic amines) is 1. The van der Waals surface area contributed by atoms with E-state index in [2.05, 4.69) is 10.4 Å². The first-order valence-electron chi connectivity index (χ1n) is 13.5. The molecule has 0 spiro atoms. The maximum absolute atomic E-state index is 13.1. The summed E-state index contributed by atoms with van der Waals surface area (Å²) < 4.78 is 45.4. The fourth-order valence-corrected chi connectivity index (χ4v) is 5.10. The van der Waals surface area contributed by atoms with Gasteiger partial charge in [-0.25, -0.2) is 0 Å². The largest absolute Gasteiger partial charge is 0.416 e. The molecule has 0 saturated carbocycles. The average Bonchev–Trinajstić information content (AvgIpc) is 3.38. The Kier molecular flexibility index (Phi) is 8.39. The molecule has 0 aliphatic carbocycles. The van der Waals surface area contributed by atoms with Crippen LogP contribution in [0.4, 0.5) is 13.2 Å². The number of aromatic nitrogens is 2. The monoisotopic (exact) mass is 564 g/mol. The molecule has 1 aliphatic rings. The predicted molar refractivity (Wildman–Crippen MR) is 149 cm³/mol. The molecule has 1 saturated heterocycles. The maximum Gasteiger partial charge on any atom is 0.416 e. The Morgan fingerprint density at radius 2 is 1.59 bits per heavy atom. The normalized spacial score (nSPS) is 14.4. The van der Waals surface area contributed by atoms with Gasteiger partial charge in [0.2, 0.25) is 0 Å². The summed E-state index contributed by atoms with van der Waals surface area (Å²) in [5.41, 5.74) is 2.67. The molecule has 1 N–H and O–H groups in total. The van der Waals surface area contributed by atoms with Crippen molar-refractivity contribution in [2.75, 3.05) is 33.4 Å². The summed E-state index contributed by atoms with van der Waals surface area (Å²) in [6.07, 6.45) is -0.725. The highest BCUT2D eigenvalue weighted by atomic mass is 19.4. The number of ether oxygens (including phenoxy) is 1. The van der Waals surface area contributed by atoms with Crippen LogP contribution in [-0.2, 0) is 17.5 Å². The second-order valence-electron chi connectivity index (χ2n) is 10.3. The third-order valence-electron chi connectivity index (χ3n) is 7.43. The van der Waals surface area contributed by atoms with E-state index in [0.717, 1.165) is 48.0 Å². The minimum absolute atomic E-state index is 0.0523. The second kappa shape index (κ2) is 12.1. The van der Waals surface area contributed by atoms with Crippen molar-refractivity contribution in [1.29, 1.82) is 0 Å². The number of methoxy groups -OCH3 is 1. The molecule has 10 heteroatoms. The van der Waals surface area contributed by atoms with Crippen LogP contribution in [0.3, 0.4) is 0 Å². The third-order valence-corrected chi connectivity index (χ3v) is 7.43. The lowest BCUT2D eigenvalue weighted by Crippen LogP contribution is -2.39. The van der Waals surface area contributed by atoms with E-state index >= 15 is 0 Å². The standard InChI is InChI=1S/C31H31F3N4O3/c1-41-17-14-35-29(39)25-8-11-28-26(18-25)20-38(36-28)19-21-12-15-37(16-13-21)30(40)24-4-2-22(3-5-24)23-6-9-27(10-7-23)31(32,33)34/h2-11,18,20-21H,12-17,19H2,1H3,(H,35,39). The number of carbonyl (C=O) groups is 2. The molecule has 2 heterocycles. The van der Waals surface area contributed by atoms with Gasteiger partial charge in [0.25, 0.3) is 11.8 Å². The number of piperidine rings is 1. The van der Waals surface area contributed by atoms with Gasteiger partial charge in [-0.2, -0.15) is 18.3 Å². The van der Waals surface area contributed by atoms with Crippen LogP contribution in [0.2, 0.25) is 0 Å². The van der Waals surface area contributed by atoms with E-state index in [0.29, 0.717) is 48.8 Å². The summed E-state index contributed by atoms with van der Waals surface area (Å²) in [5.74, 6) is 0.166. The average molecular weight is 565 g/mol. The summed E-state index contributed by atoms with van der Waals surface area (Å²) in [7, 11) is 1.59. The minimum atomic E-state index is -4.37. The highest BCUT2D eigenvalue weighted by Gasteiger charge is 2.30. The summed E-state index contributed by atoms with van der Waals surface area (Å²) in [5, 5.41) is 8.38. The first-order valence-corrected chi connectivity index (χ1v) is 13.5. The lowest BCUT2D eigenvalue weighted by Gasteiger charge is -2.32. The molecule has 1 aliphatic heterocycles. The third kappa shape index (κ3) is 6.77. The molecule has 1 aromatic heterocycles. The van der Waals surface area contributed by atoms with E-state index in [1.54, 1.807) is 37.4 Å². The topological polar surface area (TPSA) is 76.5 Å². The number of alkyl halides is 3. The van der Waals surface area contributed by atoms with Crippen LogP contribution < -0.4 is 5.32 Å². The van der Waals surface area contributed by atoms with Crippen LogP contribution in [0.15, 0.2) is 72.9 Å². The molecular weight excluding hydrogens is 533 g/mol. The zero-order valence-electron chi connectivity index (χ0n) is 22.7. The van der Waals surface area contributed by atoms with Crippen LogP contribution >= 0.6 is 0 Å². The minimum Gasteiger partial charge on any atom is -0.383 e. The van der Waals surface area contributed by atoms with Crippen molar-refractivity contribution in [3.63, 3.8) is 0 Å². The number of halogens is 3. The number of amides is 2. The number of benzene rings is 3. The maximum atomic E-state index is 13.1. The Balaban J connectivity index is 1.14. The lowest BCUT2D eigenvalue weighted by atomic mass is 9.96. The van der Waals surface area contributed by atoms with Crippen LogP contribution in [0.25, 0.3) is 22.0 Å². The Hall–Kier alpha value is -4.18. The number of nitrogens with one attached hydrogen (secondary N) is 1. The summed E-state index contributed by atoms with van der Waals surface area (Å²) >= 11 is 0. The molecule has 41 heavy (non-hydrogen) atoms. The number of rotatable bonds is 8. The van der Waals surface area contributed by atoms with E-state index in [4.69, 9.17) is 4.74 Å². The number of nitrogens with zero attached hydrogens (tertiary/aromatic N) is 3. The SMILES string of the molecule is COCCNC(=O)c1ccc2nn(CC3CCN(C(=O)c4ccc(-c5ccc(C(F)(F)F)cc5)cc4)CC3)cc2c1. The Labute approximate surface area is 235 Å². The number of hydrogen-bond acceptors (Lipinski definition) is 4. The molecule has 0 atom stereocenters. The molecule has 5 rings (SSSR count). The molecule has 0 bridgehead atoms. The molecule has 3 aromatic carbocycles. The van der Waals surface area contributed by atoms with Crippen molar-refractivity contribution in [3.05, 3.63) is 89.6 Å². The molecular formula is C31H31F3N4O3. The van der Waals surface area contributed by atoms with E-state index in [9.17, 15) is 22.8 Å². The van der Waals surface area contributed by atoms with E-state index in [1.807, 2.05) is 27.9 Å². The Bertz CT molecular complexity index is 1510. The summed E-state index contributed by atoms with van der Waals surface area (Å²) in [6.45, 7) is 2.90. The fourth-order valence-electron chi connectivity index (χ4n) is 5.10. The smallest absolute Gasteiger partial charge is 0.383 e. The van der Waals surface area contributed by atoms with Gasteiger partial charge in [-0.1, -0.05) is 24.3 Å². The molecule has 4 aromatic rings. The Morgan fingerprint density at radius 3 is 2.22 bits per heavy atom. The van der Waals surface area contributed by atoms with Gasteiger partial charge in [0.1, 0.15) is 0 Å². The van der Waals surface area contributed by atoms with Crippen molar-refractivity contribution < 1.29 is 27.5 Å². The van der Waals surface area contributed by atoms with Gasteiger partial charge in [0, 0.05) is 56.0 Å². The van der Waals surface area contributed by atoms with Gasteiger partial charge in [-0.3, -0.25) is 14.3 Å². The van der Waals surface area contributed by atoms with Crippen molar-refractivity contribution in [1.82, 2.24) is 20.0 Å². The van der Waals surface area contributed by atoms with Crippen molar-refractivity contribution in [2.45, 2.75) is 25.6 Å². The molecule has 7 nitrogen and oxygen atoms in total. The van der Waals surface area contributed by atoms with Gasteiger partial charge >= 0.3 is 6.18 Å². The van der Waals surface area contributed by atoms with Crippen molar-refractivity contribution >= 4 is 22.7 Å². The van der Waals surface area contributed by atoms with Gasteiger partial charge in [-0.05, 0) is 72.4 Å². The van der Waals surface area contributed by atoms with Crippen LogP contribution in [0.5, 0.6) is 0 Å². The van der Waals surface area contributed by atoms with Crippen molar-refractivity contribution in [3.8, 4) is 11.1 Å². The van der Waals surface area contributed by atoms with E-state index in [1.165, 1.54) is 12.1 Å². The van der Waals surface area contributed by atoms with Gasteiger partial charge in [0.15, 0.2) is 0 Å². The van der Waals surface area contributed by atoms with Gasteiger partial charge in [-0.15, -0.1) is 0 Å². The number of hydrogen-bond donors (Lipinski definition) is 1. The molecule has 1 fully saturated rings. The summed E-state index contributed by atoms with van der Waals surface area (Å²) in [4.78, 5) is 27.3. The first kappa shape index (κ1) is 28.4. The predicted octanol–water partition coefficient (Wildman–Crippen LogP) is 5.65. The highest BCUT2D eigenvalue weighted by molar-refractivity contribution is 5.98. The quantitative estimate of drug-likeness (QED) is 0.281. The van der Waals surface area contributed by atoms with Crippen molar-refractivity contribution in [2.24, 2.45) is 5.92 Å². The lowest BCUT2D eigenvalue weighted by molar-refractivity contribution is -0.137. The molecule has 2 amide bonds. The Morgan fingerprint density at radius 1 is 0.951 bits per heavy atom. The van der Waals surface area contributed by atoms with Gasteiger partial charge < -0.3 is 15.0 Å². The summed E-state index contributed by atoms with van der Waals surface area (Å²) in [6, 6.07) is 17.4. The van der Waals surface area contributed by atoms with Crippen LogP contribution in [0.1, 0.15) is 39.1 Å². The van der Waals surface area contributed by atoms with Crippen LogP contribution in [0, 0.1) is 5.92 Å². The molecule has 0 unspecified atom stereocenters. The second-order valence-corrected chi connectivity index (χ2v) is 10.3. The fraction of sp³-hybridized carbons (Fsp3) is 0.323. The zero-order valence-corrected chi connectivity index (χ0v) is 22.7.